The van der Waals surface area contributed by atoms with E-state index in [0.29, 0.717) is 6.42 Å². The molecule has 0 aromatic carbocycles. The van der Waals surface area contributed by atoms with Gasteiger partial charge in [0.25, 0.3) is 0 Å². The molecule has 21 heavy (non-hydrogen) atoms. The molecule has 0 N–H and O–H groups in total. The predicted octanol–water partition coefficient (Wildman–Crippen LogP) is 1.55. The van der Waals surface area contributed by atoms with Gasteiger partial charge in [-0.25, -0.2) is 4.79 Å². The first-order valence-electron chi connectivity index (χ1n) is 6.89. The van der Waals surface area contributed by atoms with E-state index >= 15 is 0 Å². The predicted molar refractivity (Wildman–Crippen MR) is 74.4 cm³/mol. The van der Waals surface area contributed by atoms with Gasteiger partial charge in [-0.15, -0.1) is 6.58 Å². The molecule has 6 nitrogen and oxygen atoms in total. The summed E-state index contributed by atoms with van der Waals surface area (Å²) in [7, 11) is 1.57. The minimum atomic E-state index is -0.719. The lowest BCUT2D eigenvalue weighted by Gasteiger charge is -2.29. The zero-order chi connectivity index (χ0) is 15.6. The third-order valence-corrected chi connectivity index (χ3v) is 3.50. The van der Waals surface area contributed by atoms with Gasteiger partial charge in [0.15, 0.2) is 12.1 Å². The first kappa shape index (κ1) is 16.2. The fraction of sp³-hybridized carbons (Fsp3) is 0.667. The highest BCUT2D eigenvalue weighted by Gasteiger charge is 2.57. The molecule has 0 bridgehead atoms. The van der Waals surface area contributed by atoms with Crippen LogP contribution in [0.2, 0.25) is 0 Å². The third kappa shape index (κ3) is 3.35. The van der Waals surface area contributed by atoms with Crippen molar-refractivity contribution in [2.24, 2.45) is 0 Å². The van der Waals surface area contributed by atoms with Gasteiger partial charge in [0.05, 0.1) is 0 Å². The average Bonchev–Trinajstić information content (AvgIpc) is 2.89. The normalized spacial score (nSPS) is 35.0. The van der Waals surface area contributed by atoms with Crippen LogP contribution in [0.3, 0.4) is 0 Å². The van der Waals surface area contributed by atoms with Crippen molar-refractivity contribution in [3.63, 3.8) is 0 Å². The van der Waals surface area contributed by atoms with Crippen molar-refractivity contribution in [3.05, 3.63) is 25.3 Å². The van der Waals surface area contributed by atoms with Gasteiger partial charge < -0.3 is 23.7 Å². The molecule has 6 heteroatoms. The molecule has 2 saturated heterocycles. The van der Waals surface area contributed by atoms with E-state index in [0.717, 1.165) is 6.08 Å². The average molecular weight is 298 g/mol. The van der Waals surface area contributed by atoms with E-state index < -0.39 is 30.3 Å². The van der Waals surface area contributed by atoms with Gasteiger partial charge in [0, 0.05) is 19.6 Å². The number of carbonyl (C=O) groups is 1. The van der Waals surface area contributed by atoms with Crippen LogP contribution in [0.25, 0.3) is 0 Å². The second-order valence-electron chi connectivity index (χ2n) is 5.47. The summed E-state index contributed by atoms with van der Waals surface area (Å²) < 4.78 is 28.2. The fourth-order valence-corrected chi connectivity index (χ4v) is 2.68. The van der Waals surface area contributed by atoms with E-state index in [1.165, 1.54) is 0 Å². The van der Waals surface area contributed by atoms with Crippen molar-refractivity contribution in [1.29, 1.82) is 0 Å². The number of carbonyl (C=O) groups excluding carboxylic acids is 1. The summed E-state index contributed by atoms with van der Waals surface area (Å²) in [5, 5.41) is 0. The Kier molecular flexibility index (Phi) is 4.83. The summed E-state index contributed by atoms with van der Waals surface area (Å²) in [6, 6.07) is 0. The van der Waals surface area contributed by atoms with Crippen LogP contribution in [0.5, 0.6) is 0 Å². The molecule has 0 unspecified atom stereocenters. The summed E-state index contributed by atoms with van der Waals surface area (Å²) >= 11 is 0. The molecule has 0 radical (unpaired) electrons. The smallest absolute Gasteiger partial charge is 0.330 e. The SMILES string of the molecule is C=CC[C@H](OC(=O)C=C)[C@H]1O[C@@H]2OC(C)(C)O[C@@H]2[C@H]1OC. The minimum absolute atomic E-state index is 0.357. The van der Waals surface area contributed by atoms with Crippen LogP contribution in [-0.2, 0) is 28.5 Å². The van der Waals surface area contributed by atoms with Crippen LogP contribution in [-0.4, -0.2) is 49.6 Å². The molecule has 2 aliphatic rings. The summed E-state index contributed by atoms with van der Waals surface area (Å²) in [4.78, 5) is 11.5. The molecule has 118 valence electrons. The third-order valence-electron chi connectivity index (χ3n) is 3.50. The zero-order valence-electron chi connectivity index (χ0n) is 12.6. The molecule has 0 aromatic rings. The van der Waals surface area contributed by atoms with E-state index in [9.17, 15) is 4.79 Å². The number of methoxy groups -OCH3 is 1. The Morgan fingerprint density at radius 3 is 2.67 bits per heavy atom. The second-order valence-corrected chi connectivity index (χ2v) is 5.47. The van der Waals surface area contributed by atoms with Crippen LogP contribution in [0.1, 0.15) is 20.3 Å². The molecule has 2 rings (SSSR count). The van der Waals surface area contributed by atoms with Gasteiger partial charge in [-0.3, -0.25) is 0 Å². The van der Waals surface area contributed by atoms with Crippen molar-refractivity contribution >= 4 is 5.97 Å². The molecule has 0 saturated carbocycles. The Balaban J connectivity index is 2.13. The fourth-order valence-electron chi connectivity index (χ4n) is 2.68. The van der Waals surface area contributed by atoms with E-state index in [-0.39, 0.29) is 12.2 Å². The van der Waals surface area contributed by atoms with Gasteiger partial charge in [-0.2, -0.15) is 0 Å². The largest absolute Gasteiger partial charge is 0.456 e. The minimum Gasteiger partial charge on any atom is -0.456 e. The molecular formula is C15H22O6. The lowest BCUT2D eigenvalue weighted by atomic mass is 10.0. The van der Waals surface area contributed by atoms with Gasteiger partial charge in [0.1, 0.15) is 24.4 Å². The topological polar surface area (TPSA) is 63.2 Å². The zero-order valence-corrected chi connectivity index (χ0v) is 12.6. The highest BCUT2D eigenvalue weighted by molar-refractivity contribution is 5.81. The second kappa shape index (κ2) is 6.27. The van der Waals surface area contributed by atoms with Crippen molar-refractivity contribution in [1.82, 2.24) is 0 Å². The number of hydrogen-bond acceptors (Lipinski definition) is 6. The molecule has 2 fully saturated rings. The van der Waals surface area contributed by atoms with Gasteiger partial charge >= 0.3 is 5.97 Å². The van der Waals surface area contributed by atoms with Crippen LogP contribution >= 0.6 is 0 Å². The maximum absolute atomic E-state index is 11.5. The number of esters is 1. The lowest BCUT2D eigenvalue weighted by molar-refractivity contribution is -0.229. The maximum atomic E-state index is 11.5. The van der Waals surface area contributed by atoms with Crippen LogP contribution in [0.4, 0.5) is 0 Å². The van der Waals surface area contributed by atoms with E-state index in [4.69, 9.17) is 23.7 Å². The van der Waals surface area contributed by atoms with Crippen molar-refractivity contribution in [2.75, 3.05) is 7.11 Å². The Morgan fingerprint density at radius 1 is 1.38 bits per heavy atom. The van der Waals surface area contributed by atoms with E-state index in [2.05, 4.69) is 13.2 Å². The summed E-state index contributed by atoms with van der Waals surface area (Å²) in [5.41, 5.74) is 0. The van der Waals surface area contributed by atoms with Crippen molar-refractivity contribution in [3.8, 4) is 0 Å². The molecule has 2 heterocycles. The molecule has 5 atom stereocenters. The first-order chi connectivity index (χ1) is 9.91. The molecule has 0 aromatic heterocycles. The van der Waals surface area contributed by atoms with Gasteiger partial charge in [0.2, 0.25) is 0 Å². The van der Waals surface area contributed by atoms with E-state index in [1.54, 1.807) is 13.2 Å². The highest BCUT2D eigenvalue weighted by Crippen LogP contribution is 2.40. The number of hydrogen-bond donors (Lipinski definition) is 0. The Bertz CT molecular complexity index is 418. The summed E-state index contributed by atoms with van der Waals surface area (Å²) in [5.74, 6) is -1.23. The lowest BCUT2D eigenvalue weighted by Crippen LogP contribution is -2.43. The first-order valence-corrected chi connectivity index (χ1v) is 6.89. The van der Waals surface area contributed by atoms with Crippen LogP contribution < -0.4 is 0 Å². The maximum Gasteiger partial charge on any atom is 0.330 e. The Morgan fingerprint density at radius 2 is 2.10 bits per heavy atom. The highest BCUT2D eigenvalue weighted by atomic mass is 16.8. The van der Waals surface area contributed by atoms with Crippen molar-refractivity contribution < 1.29 is 28.5 Å². The molecule has 0 spiro atoms. The Labute approximate surface area is 124 Å². The number of ether oxygens (including phenoxy) is 5. The summed E-state index contributed by atoms with van der Waals surface area (Å²) in [6.45, 7) is 10.7. The van der Waals surface area contributed by atoms with Gasteiger partial charge in [-0.05, 0) is 13.8 Å². The molecule has 0 amide bonds. The molecule has 2 aliphatic heterocycles. The van der Waals surface area contributed by atoms with Crippen molar-refractivity contribution in [2.45, 2.75) is 56.8 Å². The Hall–Kier alpha value is -1.21. The van der Waals surface area contributed by atoms with Gasteiger partial charge in [-0.1, -0.05) is 12.7 Å². The van der Waals surface area contributed by atoms with E-state index in [1.807, 2.05) is 13.8 Å². The number of fused-ring (bicyclic) bond motifs is 1. The molecule has 0 aliphatic carbocycles. The standard InChI is InChI=1S/C15H22O6/c1-6-8-9(18-10(16)7-2)11-12(17-5)13-14(19-11)21-15(3,4)20-13/h6-7,9,11-14H,1-2,8H2,3-5H3/t9-,11+,12-,13+,14+/m0/s1. The number of rotatable bonds is 6. The monoisotopic (exact) mass is 298 g/mol. The van der Waals surface area contributed by atoms with Crippen LogP contribution in [0.15, 0.2) is 25.3 Å². The van der Waals surface area contributed by atoms with Crippen LogP contribution in [0, 0.1) is 0 Å². The quantitative estimate of drug-likeness (QED) is 0.421. The molecular weight excluding hydrogens is 276 g/mol. The summed E-state index contributed by atoms with van der Waals surface area (Å²) in [6.07, 6.45) is 0.920.